The van der Waals surface area contributed by atoms with Crippen molar-refractivity contribution in [3.8, 4) is 6.07 Å². The Labute approximate surface area is 102 Å². The summed E-state index contributed by atoms with van der Waals surface area (Å²) < 4.78 is 0. The van der Waals surface area contributed by atoms with Crippen LogP contribution >= 0.6 is 0 Å². The van der Waals surface area contributed by atoms with E-state index in [-0.39, 0.29) is 0 Å². The first-order valence-electron chi connectivity index (χ1n) is 6.14. The van der Waals surface area contributed by atoms with Gasteiger partial charge in [0.05, 0.1) is 5.56 Å². The van der Waals surface area contributed by atoms with Gasteiger partial charge in [-0.1, -0.05) is 0 Å². The Morgan fingerprint density at radius 3 is 3.06 bits per heavy atom. The molecule has 2 heterocycles. The van der Waals surface area contributed by atoms with E-state index in [1.807, 2.05) is 12.1 Å². The van der Waals surface area contributed by atoms with E-state index in [4.69, 9.17) is 11.0 Å². The normalized spacial score (nSPS) is 20.0. The topological polar surface area (TPSA) is 65.9 Å². The zero-order valence-corrected chi connectivity index (χ0v) is 9.97. The fourth-order valence-corrected chi connectivity index (χ4v) is 2.38. The Morgan fingerprint density at radius 1 is 1.53 bits per heavy atom. The second kappa shape index (κ2) is 5.65. The van der Waals surface area contributed by atoms with Gasteiger partial charge in [-0.3, -0.25) is 0 Å². The van der Waals surface area contributed by atoms with E-state index in [2.05, 4.69) is 16.0 Å². The predicted molar refractivity (Wildman–Crippen MR) is 67.6 cm³/mol. The Bertz CT molecular complexity index is 391. The van der Waals surface area contributed by atoms with Crippen LogP contribution in [-0.4, -0.2) is 24.6 Å². The molecule has 0 amide bonds. The maximum absolute atomic E-state index is 8.73. The third-order valence-electron chi connectivity index (χ3n) is 3.29. The highest BCUT2D eigenvalue weighted by molar-refractivity contribution is 5.42. The molecule has 90 valence electrons. The molecule has 1 unspecified atom stereocenters. The Kier molecular flexibility index (Phi) is 3.94. The first-order valence-corrected chi connectivity index (χ1v) is 6.14. The summed E-state index contributed by atoms with van der Waals surface area (Å²) in [5, 5.41) is 8.73. The van der Waals surface area contributed by atoms with Crippen LogP contribution in [0.2, 0.25) is 0 Å². The van der Waals surface area contributed by atoms with Gasteiger partial charge >= 0.3 is 0 Å². The van der Waals surface area contributed by atoms with Crippen molar-refractivity contribution in [2.75, 3.05) is 24.5 Å². The maximum atomic E-state index is 8.73. The summed E-state index contributed by atoms with van der Waals surface area (Å²) in [6.45, 7) is 2.86. The number of nitrogens with two attached hydrogens (primary N) is 1. The Morgan fingerprint density at radius 2 is 2.41 bits per heavy atom. The third-order valence-corrected chi connectivity index (χ3v) is 3.29. The first kappa shape index (κ1) is 11.9. The molecule has 17 heavy (non-hydrogen) atoms. The quantitative estimate of drug-likeness (QED) is 0.855. The third kappa shape index (κ3) is 2.95. The van der Waals surface area contributed by atoms with Crippen molar-refractivity contribution in [1.29, 1.82) is 5.26 Å². The lowest BCUT2D eigenvalue weighted by molar-refractivity contribution is 0.394. The second-order valence-corrected chi connectivity index (χ2v) is 4.55. The highest BCUT2D eigenvalue weighted by atomic mass is 15.2. The summed E-state index contributed by atoms with van der Waals surface area (Å²) in [7, 11) is 0. The van der Waals surface area contributed by atoms with Gasteiger partial charge in [0.2, 0.25) is 0 Å². The SMILES string of the molecule is N#Cc1ccc(N2CCCC(CCN)C2)nc1. The van der Waals surface area contributed by atoms with Crippen molar-refractivity contribution in [3.63, 3.8) is 0 Å². The van der Waals surface area contributed by atoms with Crippen molar-refractivity contribution in [1.82, 2.24) is 4.98 Å². The van der Waals surface area contributed by atoms with Gasteiger partial charge in [0.25, 0.3) is 0 Å². The molecule has 0 aliphatic carbocycles. The molecule has 1 atom stereocenters. The first-order chi connectivity index (χ1) is 8.33. The number of aromatic nitrogens is 1. The van der Waals surface area contributed by atoms with Gasteiger partial charge < -0.3 is 10.6 Å². The van der Waals surface area contributed by atoms with Crippen LogP contribution in [0.5, 0.6) is 0 Å². The number of piperidine rings is 1. The summed E-state index contributed by atoms with van der Waals surface area (Å²) in [4.78, 5) is 6.64. The zero-order chi connectivity index (χ0) is 12.1. The van der Waals surface area contributed by atoms with Gasteiger partial charge in [-0.2, -0.15) is 5.26 Å². The average Bonchev–Trinajstić information content (AvgIpc) is 2.40. The average molecular weight is 230 g/mol. The Balaban J connectivity index is 2.03. The lowest BCUT2D eigenvalue weighted by Crippen LogP contribution is -2.36. The van der Waals surface area contributed by atoms with Gasteiger partial charge in [0, 0.05) is 19.3 Å². The van der Waals surface area contributed by atoms with Crippen molar-refractivity contribution in [2.45, 2.75) is 19.3 Å². The van der Waals surface area contributed by atoms with Crippen LogP contribution in [-0.2, 0) is 0 Å². The standard InChI is InChI=1S/C13H18N4/c14-6-5-11-2-1-7-17(10-11)13-4-3-12(8-15)9-16-13/h3-4,9,11H,1-2,5-7,10,14H2. The maximum Gasteiger partial charge on any atom is 0.128 e. The summed E-state index contributed by atoms with van der Waals surface area (Å²) in [6.07, 6.45) is 5.20. The summed E-state index contributed by atoms with van der Waals surface area (Å²) >= 11 is 0. The number of pyridine rings is 1. The zero-order valence-electron chi connectivity index (χ0n) is 9.97. The molecule has 1 aromatic rings. The number of rotatable bonds is 3. The highest BCUT2D eigenvalue weighted by Gasteiger charge is 2.20. The van der Waals surface area contributed by atoms with Gasteiger partial charge in [-0.15, -0.1) is 0 Å². The molecule has 2 N–H and O–H groups in total. The van der Waals surface area contributed by atoms with Gasteiger partial charge in [0.1, 0.15) is 11.9 Å². The van der Waals surface area contributed by atoms with Crippen LogP contribution in [0.15, 0.2) is 18.3 Å². The minimum absolute atomic E-state index is 0.615. The van der Waals surface area contributed by atoms with Crippen LogP contribution in [0.3, 0.4) is 0 Å². The van der Waals surface area contributed by atoms with E-state index in [9.17, 15) is 0 Å². The van der Waals surface area contributed by atoms with Crippen LogP contribution in [0, 0.1) is 17.2 Å². The second-order valence-electron chi connectivity index (χ2n) is 4.55. The number of hydrogen-bond donors (Lipinski definition) is 1. The molecule has 1 aromatic heterocycles. The molecule has 0 radical (unpaired) electrons. The molecule has 1 fully saturated rings. The van der Waals surface area contributed by atoms with Gasteiger partial charge in [-0.05, 0) is 43.9 Å². The van der Waals surface area contributed by atoms with Gasteiger partial charge in [0.15, 0.2) is 0 Å². The van der Waals surface area contributed by atoms with E-state index in [1.165, 1.54) is 12.8 Å². The van der Waals surface area contributed by atoms with Crippen molar-refractivity contribution < 1.29 is 0 Å². The van der Waals surface area contributed by atoms with Crippen LogP contribution in [0.1, 0.15) is 24.8 Å². The molecule has 0 saturated carbocycles. The number of anilines is 1. The molecule has 0 bridgehead atoms. The van der Waals surface area contributed by atoms with E-state index in [0.29, 0.717) is 11.5 Å². The fraction of sp³-hybridized carbons (Fsp3) is 0.538. The molecule has 0 aromatic carbocycles. The molecular weight excluding hydrogens is 212 g/mol. The highest BCUT2D eigenvalue weighted by Crippen LogP contribution is 2.23. The van der Waals surface area contributed by atoms with Crippen LogP contribution in [0.25, 0.3) is 0 Å². The molecule has 1 saturated heterocycles. The molecule has 4 nitrogen and oxygen atoms in total. The van der Waals surface area contributed by atoms with Crippen molar-refractivity contribution in [3.05, 3.63) is 23.9 Å². The molecule has 0 spiro atoms. The fourth-order valence-electron chi connectivity index (χ4n) is 2.38. The summed E-state index contributed by atoms with van der Waals surface area (Å²) in [5.41, 5.74) is 6.23. The van der Waals surface area contributed by atoms with Crippen LogP contribution in [0.4, 0.5) is 5.82 Å². The number of nitrogens with zero attached hydrogens (tertiary/aromatic N) is 3. The van der Waals surface area contributed by atoms with Crippen LogP contribution < -0.4 is 10.6 Å². The van der Waals surface area contributed by atoms with E-state index in [1.54, 1.807) is 6.20 Å². The lowest BCUT2D eigenvalue weighted by Gasteiger charge is -2.33. The number of nitriles is 1. The van der Waals surface area contributed by atoms with E-state index in [0.717, 1.165) is 31.9 Å². The molecule has 1 aliphatic heterocycles. The number of hydrogen-bond acceptors (Lipinski definition) is 4. The van der Waals surface area contributed by atoms with Crippen molar-refractivity contribution in [2.24, 2.45) is 11.7 Å². The minimum atomic E-state index is 0.615. The summed E-state index contributed by atoms with van der Waals surface area (Å²) in [6, 6.07) is 5.85. The molecular formula is C13H18N4. The smallest absolute Gasteiger partial charge is 0.128 e. The largest absolute Gasteiger partial charge is 0.356 e. The minimum Gasteiger partial charge on any atom is -0.356 e. The van der Waals surface area contributed by atoms with Crippen molar-refractivity contribution >= 4 is 5.82 Å². The lowest BCUT2D eigenvalue weighted by atomic mass is 9.95. The molecule has 4 heteroatoms. The summed E-state index contributed by atoms with van der Waals surface area (Å²) in [5.74, 6) is 1.66. The van der Waals surface area contributed by atoms with E-state index < -0.39 is 0 Å². The Hall–Kier alpha value is -1.60. The molecule has 1 aliphatic rings. The van der Waals surface area contributed by atoms with Gasteiger partial charge in [-0.25, -0.2) is 4.98 Å². The monoisotopic (exact) mass is 230 g/mol. The predicted octanol–water partition coefficient (Wildman–Crippen LogP) is 1.52. The van der Waals surface area contributed by atoms with E-state index >= 15 is 0 Å². The molecule has 2 rings (SSSR count).